The third-order valence-corrected chi connectivity index (χ3v) is 3.26. The minimum atomic E-state index is 0.533. The van der Waals surface area contributed by atoms with Crippen molar-refractivity contribution in [3.63, 3.8) is 0 Å². The Balaban J connectivity index is 2.03. The Labute approximate surface area is 108 Å². The van der Waals surface area contributed by atoms with Crippen LogP contribution in [-0.2, 0) is 6.61 Å². The van der Waals surface area contributed by atoms with Crippen molar-refractivity contribution in [1.29, 1.82) is 0 Å². The van der Waals surface area contributed by atoms with Crippen LogP contribution in [0.15, 0.2) is 46.9 Å². The van der Waals surface area contributed by atoms with Gasteiger partial charge in [-0.1, -0.05) is 41.9 Å². The summed E-state index contributed by atoms with van der Waals surface area (Å²) in [6.07, 6.45) is 0. The molecule has 0 fully saturated rings. The lowest BCUT2D eigenvalue weighted by Gasteiger charge is -2.06. The molecule has 0 unspecified atom stereocenters. The Morgan fingerprint density at radius 3 is 2.69 bits per heavy atom. The van der Waals surface area contributed by atoms with Gasteiger partial charge in [0, 0.05) is 10.5 Å². The number of rotatable bonds is 3. The predicted octanol–water partition coefficient (Wildman–Crippen LogP) is 4.48. The maximum absolute atomic E-state index is 5.86. The first-order chi connectivity index (χ1) is 7.75. The number of ether oxygens (including phenoxy) is 1. The summed E-state index contributed by atoms with van der Waals surface area (Å²) in [6.45, 7) is 0.533. The first kappa shape index (κ1) is 11.5. The summed E-state index contributed by atoms with van der Waals surface area (Å²) in [6, 6.07) is 16.5. The third-order valence-electron chi connectivity index (χ3n) is 2.06. The van der Waals surface area contributed by atoms with E-state index in [1.807, 2.05) is 36.4 Å². The SMILES string of the molecule is Clc1c[c]c(OCc2ccccc2)cc1Br. The van der Waals surface area contributed by atoms with Gasteiger partial charge in [0.05, 0.1) is 5.02 Å². The van der Waals surface area contributed by atoms with Crippen molar-refractivity contribution in [1.82, 2.24) is 0 Å². The standard InChI is InChI=1S/C13H9BrClO/c14-12-8-11(6-7-13(12)15)16-9-10-4-2-1-3-5-10/h1-5,7-8H,9H2. The van der Waals surface area contributed by atoms with Crippen molar-refractivity contribution in [3.05, 3.63) is 63.6 Å². The van der Waals surface area contributed by atoms with E-state index in [-0.39, 0.29) is 0 Å². The molecule has 81 valence electrons. The van der Waals surface area contributed by atoms with E-state index in [9.17, 15) is 0 Å². The molecule has 0 aliphatic carbocycles. The van der Waals surface area contributed by atoms with Crippen molar-refractivity contribution in [2.24, 2.45) is 0 Å². The second-order valence-corrected chi connectivity index (χ2v) is 4.53. The lowest BCUT2D eigenvalue weighted by molar-refractivity contribution is 0.305. The van der Waals surface area contributed by atoms with Gasteiger partial charge >= 0.3 is 0 Å². The summed E-state index contributed by atoms with van der Waals surface area (Å²) in [7, 11) is 0. The Morgan fingerprint density at radius 2 is 2.00 bits per heavy atom. The molecule has 2 rings (SSSR count). The summed E-state index contributed by atoms with van der Waals surface area (Å²) >= 11 is 9.20. The summed E-state index contributed by atoms with van der Waals surface area (Å²) in [5, 5.41) is 0.632. The first-order valence-corrected chi connectivity index (χ1v) is 5.96. The van der Waals surface area contributed by atoms with Gasteiger partial charge in [-0.15, -0.1) is 0 Å². The second-order valence-electron chi connectivity index (χ2n) is 3.27. The molecular formula is C13H9BrClO. The van der Waals surface area contributed by atoms with Crippen LogP contribution < -0.4 is 4.74 Å². The summed E-state index contributed by atoms with van der Waals surface area (Å²) < 4.78 is 6.40. The normalized spacial score (nSPS) is 10.1. The molecule has 0 N–H and O–H groups in total. The van der Waals surface area contributed by atoms with Crippen molar-refractivity contribution in [3.8, 4) is 5.75 Å². The monoisotopic (exact) mass is 295 g/mol. The summed E-state index contributed by atoms with van der Waals surface area (Å²) in [5.74, 6) is 0.681. The van der Waals surface area contributed by atoms with Gasteiger partial charge in [0.25, 0.3) is 0 Å². The molecule has 1 radical (unpaired) electrons. The molecule has 2 aromatic carbocycles. The Bertz CT molecular complexity index is 471. The quantitative estimate of drug-likeness (QED) is 0.811. The molecule has 0 heterocycles. The van der Waals surface area contributed by atoms with Gasteiger partial charge in [0.2, 0.25) is 0 Å². The maximum Gasteiger partial charge on any atom is 0.129 e. The Kier molecular flexibility index (Phi) is 3.86. The largest absolute Gasteiger partial charge is 0.488 e. The molecule has 0 amide bonds. The van der Waals surface area contributed by atoms with E-state index < -0.39 is 0 Å². The maximum atomic E-state index is 5.86. The van der Waals surface area contributed by atoms with Crippen LogP contribution in [0.25, 0.3) is 0 Å². The lowest BCUT2D eigenvalue weighted by Crippen LogP contribution is -1.94. The molecular weight excluding hydrogens is 287 g/mol. The predicted molar refractivity (Wildman–Crippen MR) is 68.8 cm³/mol. The fourth-order valence-electron chi connectivity index (χ4n) is 1.25. The first-order valence-electron chi connectivity index (χ1n) is 4.79. The van der Waals surface area contributed by atoms with Crippen molar-refractivity contribution in [2.75, 3.05) is 0 Å². The highest BCUT2D eigenvalue weighted by atomic mass is 79.9. The van der Waals surface area contributed by atoms with Crippen LogP contribution in [0.1, 0.15) is 5.56 Å². The number of halogens is 2. The molecule has 0 atom stereocenters. The minimum absolute atomic E-state index is 0.533. The molecule has 2 aromatic rings. The van der Waals surface area contributed by atoms with Crippen LogP contribution in [0.5, 0.6) is 5.75 Å². The fraction of sp³-hybridized carbons (Fsp3) is 0.0769. The van der Waals surface area contributed by atoms with E-state index in [2.05, 4.69) is 22.0 Å². The van der Waals surface area contributed by atoms with Gasteiger partial charge in [0.15, 0.2) is 0 Å². The van der Waals surface area contributed by atoms with Gasteiger partial charge in [-0.3, -0.25) is 0 Å². The molecule has 0 aliphatic rings. The van der Waals surface area contributed by atoms with Gasteiger partial charge in [-0.2, -0.15) is 0 Å². The smallest absolute Gasteiger partial charge is 0.129 e. The number of benzene rings is 2. The molecule has 16 heavy (non-hydrogen) atoms. The van der Waals surface area contributed by atoms with Crippen LogP contribution in [0.4, 0.5) is 0 Å². The average molecular weight is 297 g/mol. The van der Waals surface area contributed by atoms with Crippen LogP contribution in [0.2, 0.25) is 5.02 Å². The Morgan fingerprint density at radius 1 is 1.25 bits per heavy atom. The third kappa shape index (κ3) is 3.00. The highest BCUT2D eigenvalue weighted by Crippen LogP contribution is 2.26. The van der Waals surface area contributed by atoms with Gasteiger partial charge in [-0.25, -0.2) is 0 Å². The molecule has 0 bridgehead atoms. The van der Waals surface area contributed by atoms with E-state index >= 15 is 0 Å². The second kappa shape index (κ2) is 5.37. The highest BCUT2D eigenvalue weighted by molar-refractivity contribution is 9.10. The fourth-order valence-corrected chi connectivity index (χ4v) is 1.68. The van der Waals surface area contributed by atoms with Gasteiger partial charge < -0.3 is 4.74 Å². The molecule has 0 spiro atoms. The summed E-state index contributed by atoms with van der Waals surface area (Å²) in [5.41, 5.74) is 1.13. The van der Waals surface area contributed by atoms with E-state index in [1.54, 1.807) is 6.07 Å². The van der Waals surface area contributed by atoms with E-state index in [0.717, 1.165) is 10.0 Å². The van der Waals surface area contributed by atoms with Crippen molar-refractivity contribution in [2.45, 2.75) is 6.61 Å². The van der Waals surface area contributed by atoms with E-state index in [1.165, 1.54) is 0 Å². The number of hydrogen-bond donors (Lipinski definition) is 0. The van der Waals surface area contributed by atoms with Gasteiger partial charge in [0.1, 0.15) is 12.4 Å². The molecule has 0 saturated heterocycles. The molecule has 3 heteroatoms. The van der Waals surface area contributed by atoms with Gasteiger partial charge in [-0.05, 0) is 33.6 Å². The van der Waals surface area contributed by atoms with Crippen LogP contribution >= 0.6 is 27.5 Å². The Hall–Kier alpha value is -0.990. The highest BCUT2D eigenvalue weighted by Gasteiger charge is 2.00. The molecule has 0 aromatic heterocycles. The summed E-state index contributed by atoms with van der Waals surface area (Å²) in [4.78, 5) is 0. The number of hydrogen-bond acceptors (Lipinski definition) is 1. The lowest BCUT2D eigenvalue weighted by atomic mass is 10.2. The van der Waals surface area contributed by atoms with E-state index in [0.29, 0.717) is 17.4 Å². The van der Waals surface area contributed by atoms with Crippen LogP contribution in [-0.4, -0.2) is 0 Å². The minimum Gasteiger partial charge on any atom is -0.488 e. The average Bonchev–Trinajstić information content (AvgIpc) is 2.32. The molecule has 0 saturated carbocycles. The zero-order chi connectivity index (χ0) is 11.4. The molecule has 1 nitrogen and oxygen atoms in total. The zero-order valence-corrected chi connectivity index (χ0v) is 10.8. The topological polar surface area (TPSA) is 9.23 Å². The van der Waals surface area contributed by atoms with Crippen LogP contribution in [0, 0.1) is 6.07 Å². The zero-order valence-electron chi connectivity index (χ0n) is 8.41. The van der Waals surface area contributed by atoms with Crippen molar-refractivity contribution < 1.29 is 4.74 Å². The molecule has 0 aliphatic heterocycles. The van der Waals surface area contributed by atoms with Crippen LogP contribution in [0.3, 0.4) is 0 Å². The van der Waals surface area contributed by atoms with E-state index in [4.69, 9.17) is 16.3 Å². The van der Waals surface area contributed by atoms with Crippen molar-refractivity contribution >= 4 is 27.5 Å².